The first-order valence-electron chi connectivity index (χ1n) is 3.01. The van der Waals surface area contributed by atoms with Crippen LogP contribution in [0, 0.1) is 6.92 Å². The molecule has 2 N–H and O–H groups in total. The van der Waals surface area contributed by atoms with Gasteiger partial charge in [-0.2, -0.15) is 0 Å². The Hall–Kier alpha value is 0.200. The van der Waals surface area contributed by atoms with Crippen LogP contribution in [0.5, 0.6) is 0 Å². The molecule has 1 aromatic rings. The molecule has 2 nitrogen and oxygen atoms in total. The third-order valence-corrected chi connectivity index (χ3v) is 2.47. The van der Waals surface area contributed by atoms with Gasteiger partial charge in [0.05, 0.1) is 5.69 Å². The van der Waals surface area contributed by atoms with Crippen molar-refractivity contribution < 1.29 is 0 Å². The molecule has 0 aliphatic heterocycles. The van der Waals surface area contributed by atoms with E-state index >= 15 is 0 Å². The maximum Gasteiger partial charge on any atom is 0.180 e. The zero-order valence-electron chi connectivity index (χ0n) is 6.13. The second-order valence-electron chi connectivity index (χ2n) is 2.00. The summed E-state index contributed by atoms with van der Waals surface area (Å²) in [7, 11) is 0. The van der Waals surface area contributed by atoms with Gasteiger partial charge in [0.1, 0.15) is 0 Å². The minimum Gasteiger partial charge on any atom is -0.375 e. The van der Waals surface area contributed by atoms with Crippen molar-refractivity contribution in [3.05, 3.63) is 10.6 Å². The average molecular weight is 258 g/mol. The lowest BCUT2D eigenvalue weighted by atomic mass is 10.3. The first kappa shape index (κ1) is 11.2. The van der Waals surface area contributed by atoms with Crippen LogP contribution in [0.3, 0.4) is 0 Å². The van der Waals surface area contributed by atoms with Gasteiger partial charge in [0.15, 0.2) is 5.13 Å². The van der Waals surface area contributed by atoms with Crippen LogP contribution in [0.25, 0.3) is 0 Å². The van der Waals surface area contributed by atoms with E-state index in [2.05, 4.69) is 4.98 Å². The Bertz CT molecular complexity index is 226. The second kappa shape index (κ2) is 4.95. The summed E-state index contributed by atoms with van der Waals surface area (Å²) < 4.78 is 0. The van der Waals surface area contributed by atoms with Gasteiger partial charge >= 0.3 is 0 Å². The molecular formula is C6H10BrClN2S. The Morgan fingerprint density at radius 1 is 1.64 bits per heavy atom. The van der Waals surface area contributed by atoms with Crippen molar-refractivity contribution in [3.63, 3.8) is 0 Å². The van der Waals surface area contributed by atoms with Gasteiger partial charge in [-0.25, -0.2) is 4.98 Å². The standard InChI is InChI=1S/C6H9ClN2S.BrH/c1-4-5(2-3-7)10-6(8)9-4;/h2-3H2,1H3,(H2,8,9);1H. The Labute approximate surface area is 85.5 Å². The van der Waals surface area contributed by atoms with E-state index in [-0.39, 0.29) is 17.0 Å². The van der Waals surface area contributed by atoms with E-state index in [9.17, 15) is 0 Å². The quantitative estimate of drug-likeness (QED) is 0.826. The number of thiazole rings is 1. The number of hydrogen-bond acceptors (Lipinski definition) is 3. The Morgan fingerprint density at radius 2 is 2.27 bits per heavy atom. The molecular weight excluding hydrogens is 248 g/mol. The maximum absolute atomic E-state index is 5.56. The predicted octanol–water partition coefficient (Wildman–Crippen LogP) is 2.39. The van der Waals surface area contributed by atoms with E-state index in [4.69, 9.17) is 17.3 Å². The average Bonchev–Trinajstić information content (AvgIpc) is 2.13. The Balaban J connectivity index is 0.000001000. The molecule has 0 amide bonds. The fourth-order valence-electron chi connectivity index (χ4n) is 0.768. The first-order chi connectivity index (χ1) is 4.74. The van der Waals surface area contributed by atoms with E-state index in [0.717, 1.165) is 12.1 Å². The number of aromatic nitrogens is 1. The summed E-state index contributed by atoms with van der Waals surface area (Å²) in [5, 5.41) is 0.637. The predicted molar refractivity (Wildman–Crippen MR) is 56.0 cm³/mol. The lowest BCUT2D eigenvalue weighted by Crippen LogP contribution is -1.84. The zero-order chi connectivity index (χ0) is 7.56. The summed E-state index contributed by atoms with van der Waals surface area (Å²) in [6, 6.07) is 0. The molecule has 1 heterocycles. The van der Waals surface area contributed by atoms with Gasteiger partial charge in [-0.15, -0.1) is 39.9 Å². The molecule has 0 atom stereocenters. The number of nitrogen functional groups attached to an aromatic ring is 1. The molecule has 0 aliphatic carbocycles. The third kappa shape index (κ3) is 2.97. The van der Waals surface area contributed by atoms with Crippen LogP contribution in [-0.2, 0) is 6.42 Å². The summed E-state index contributed by atoms with van der Waals surface area (Å²) in [5.74, 6) is 0.641. The lowest BCUT2D eigenvalue weighted by molar-refractivity contribution is 1.12. The molecule has 5 heteroatoms. The number of nitrogens with zero attached hydrogens (tertiary/aromatic N) is 1. The molecule has 0 aromatic carbocycles. The fraction of sp³-hybridized carbons (Fsp3) is 0.500. The number of aryl methyl sites for hydroxylation is 2. The molecule has 0 radical (unpaired) electrons. The van der Waals surface area contributed by atoms with Crippen LogP contribution >= 0.6 is 39.9 Å². The highest BCUT2D eigenvalue weighted by molar-refractivity contribution is 8.93. The van der Waals surface area contributed by atoms with E-state index in [1.807, 2.05) is 6.92 Å². The molecule has 0 spiro atoms. The number of rotatable bonds is 2. The summed E-state index contributed by atoms with van der Waals surface area (Å²) in [6.07, 6.45) is 0.877. The number of alkyl halides is 1. The Morgan fingerprint density at radius 3 is 2.64 bits per heavy atom. The van der Waals surface area contributed by atoms with E-state index in [1.54, 1.807) is 0 Å². The van der Waals surface area contributed by atoms with E-state index < -0.39 is 0 Å². The molecule has 0 bridgehead atoms. The fourth-order valence-corrected chi connectivity index (χ4v) is 1.90. The lowest BCUT2D eigenvalue weighted by Gasteiger charge is -1.89. The van der Waals surface area contributed by atoms with Gasteiger partial charge in [0, 0.05) is 10.8 Å². The van der Waals surface area contributed by atoms with Gasteiger partial charge in [0.25, 0.3) is 0 Å². The van der Waals surface area contributed by atoms with Gasteiger partial charge in [-0.3, -0.25) is 0 Å². The molecule has 0 saturated heterocycles. The van der Waals surface area contributed by atoms with Crippen molar-refractivity contribution in [2.24, 2.45) is 0 Å². The van der Waals surface area contributed by atoms with Crippen LogP contribution in [0.2, 0.25) is 0 Å². The Kier molecular flexibility index (Phi) is 5.04. The largest absolute Gasteiger partial charge is 0.375 e. The van der Waals surface area contributed by atoms with Gasteiger partial charge in [-0.05, 0) is 13.3 Å². The molecule has 0 aliphatic rings. The van der Waals surface area contributed by atoms with Crippen LogP contribution in [0.15, 0.2) is 0 Å². The SMILES string of the molecule is Br.Cc1nc(N)sc1CCCl. The van der Waals surface area contributed by atoms with Crippen LogP contribution in [0.1, 0.15) is 10.6 Å². The highest BCUT2D eigenvalue weighted by Gasteiger charge is 2.02. The molecule has 0 fully saturated rings. The van der Waals surface area contributed by atoms with E-state index in [0.29, 0.717) is 11.0 Å². The minimum atomic E-state index is 0. The highest BCUT2D eigenvalue weighted by atomic mass is 79.9. The van der Waals surface area contributed by atoms with Gasteiger partial charge in [0.2, 0.25) is 0 Å². The first-order valence-corrected chi connectivity index (χ1v) is 4.37. The number of halogens is 2. The smallest absolute Gasteiger partial charge is 0.180 e. The van der Waals surface area contributed by atoms with Crippen LogP contribution in [0.4, 0.5) is 5.13 Å². The normalized spacial score (nSPS) is 9.27. The summed E-state index contributed by atoms with van der Waals surface area (Å²) >= 11 is 7.08. The minimum absolute atomic E-state index is 0. The molecule has 64 valence electrons. The van der Waals surface area contributed by atoms with Crippen LogP contribution in [-0.4, -0.2) is 10.9 Å². The maximum atomic E-state index is 5.56. The number of nitrogens with two attached hydrogens (primary N) is 1. The zero-order valence-corrected chi connectivity index (χ0v) is 9.42. The third-order valence-electron chi connectivity index (χ3n) is 1.23. The summed E-state index contributed by atoms with van der Waals surface area (Å²) in [5.41, 5.74) is 6.49. The van der Waals surface area contributed by atoms with Crippen molar-refractivity contribution >= 4 is 45.1 Å². The summed E-state index contributed by atoms with van der Waals surface area (Å²) in [6.45, 7) is 1.95. The summed E-state index contributed by atoms with van der Waals surface area (Å²) in [4.78, 5) is 5.27. The monoisotopic (exact) mass is 256 g/mol. The number of hydrogen-bond donors (Lipinski definition) is 1. The highest BCUT2D eigenvalue weighted by Crippen LogP contribution is 2.19. The number of anilines is 1. The van der Waals surface area contributed by atoms with Crippen molar-refractivity contribution in [2.75, 3.05) is 11.6 Å². The van der Waals surface area contributed by atoms with E-state index in [1.165, 1.54) is 16.2 Å². The van der Waals surface area contributed by atoms with Crippen molar-refractivity contribution in [3.8, 4) is 0 Å². The van der Waals surface area contributed by atoms with Crippen molar-refractivity contribution in [2.45, 2.75) is 13.3 Å². The molecule has 11 heavy (non-hydrogen) atoms. The second-order valence-corrected chi connectivity index (χ2v) is 3.49. The molecule has 1 rings (SSSR count). The molecule has 0 unspecified atom stereocenters. The van der Waals surface area contributed by atoms with Crippen molar-refractivity contribution in [1.82, 2.24) is 4.98 Å². The van der Waals surface area contributed by atoms with Gasteiger partial charge < -0.3 is 5.73 Å². The topological polar surface area (TPSA) is 38.9 Å². The van der Waals surface area contributed by atoms with Crippen LogP contribution < -0.4 is 5.73 Å². The van der Waals surface area contributed by atoms with Gasteiger partial charge in [-0.1, -0.05) is 0 Å². The molecule has 0 saturated carbocycles. The van der Waals surface area contributed by atoms with Crippen molar-refractivity contribution in [1.29, 1.82) is 0 Å². The molecule has 1 aromatic heterocycles.